The topological polar surface area (TPSA) is 48.3 Å². The lowest BCUT2D eigenvalue weighted by molar-refractivity contribution is 0.146. The van der Waals surface area contributed by atoms with Crippen LogP contribution in [-0.2, 0) is 10.3 Å². The van der Waals surface area contributed by atoms with E-state index in [1.54, 1.807) is 7.11 Å². The van der Waals surface area contributed by atoms with Crippen LogP contribution in [0.25, 0.3) is 0 Å². The van der Waals surface area contributed by atoms with Gasteiger partial charge in [0.15, 0.2) is 0 Å². The highest BCUT2D eigenvalue weighted by atomic mass is 16.5. The number of nitrogens with one attached hydrogen (secondary N) is 1. The Morgan fingerprint density at radius 2 is 2.00 bits per heavy atom. The van der Waals surface area contributed by atoms with Crippen molar-refractivity contribution in [2.45, 2.75) is 25.4 Å². The number of hydrogen-bond donors (Lipinski definition) is 1. The van der Waals surface area contributed by atoms with Crippen LogP contribution in [0.5, 0.6) is 0 Å². The van der Waals surface area contributed by atoms with Gasteiger partial charge in [0.2, 0.25) is 0 Å². The van der Waals surface area contributed by atoms with E-state index < -0.39 is 5.54 Å². The summed E-state index contributed by atoms with van der Waals surface area (Å²) in [5, 5.41) is 13.2. The van der Waals surface area contributed by atoms with Gasteiger partial charge in [0, 0.05) is 26.2 Å². The summed E-state index contributed by atoms with van der Waals surface area (Å²) in [4.78, 5) is 2.12. The highest BCUT2D eigenvalue weighted by Gasteiger charge is 2.33. The van der Waals surface area contributed by atoms with Gasteiger partial charge < -0.3 is 9.64 Å². The molecule has 1 atom stereocenters. The maximum atomic E-state index is 9.78. The lowest BCUT2D eigenvalue weighted by atomic mass is 9.90. The summed E-state index contributed by atoms with van der Waals surface area (Å²) in [7, 11) is 3.70. The van der Waals surface area contributed by atoms with E-state index in [-0.39, 0.29) is 6.04 Å². The average molecular weight is 275 g/mol. The molecule has 110 valence electrons. The Bertz CT molecular complexity index is 427. The molecule has 1 aromatic carbocycles. The molecule has 1 rings (SSSR count). The minimum Gasteiger partial charge on any atom is -0.383 e. The molecule has 0 radical (unpaired) electrons. The number of methoxy groups -OCH3 is 1. The molecule has 4 heteroatoms. The van der Waals surface area contributed by atoms with Crippen molar-refractivity contribution in [3.8, 4) is 6.07 Å². The number of likely N-dealkylation sites (N-methyl/N-ethyl adjacent to an activating group) is 1. The normalized spacial score (nSPS) is 14.2. The van der Waals surface area contributed by atoms with Crippen LogP contribution in [0.3, 0.4) is 0 Å². The molecular weight excluding hydrogens is 250 g/mol. The number of rotatable bonds is 8. The van der Waals surface area contributed by atoms with Crippen LogP contribution in [-0.4, -0.2) is 44.8 Å². The van der Waals surface area contributed by atoms with Crippen molar-refractivity contribution < 1.29 is 4.74 Å². The average Bonchev–Trinajstić information content (AvgIpc) is 2.44. The monoisotopic (exact) mass is 275 g/mol. The Morgan fingerprint density at radius 1 is 1.35 bits per heavy atom. The minimum absolute atomic E-state index is 0.227. The first-order valence-electron chi connectivity index (χ1n) is 6.96. The van der Waals surface area contributed by atoms with Gasteiger partial charge in [0.05, 0.1) is 12.7 Å². The van der Waals surface area contributed by atoms with Crippen LogP contribution in [0.15, 0.2) is 30.3 Å². The van der Waals surface area contributed by atoms with Gasteiger partial charge in [-0.3, -0.25) is 5.32 Å². The molecule has 4 nitrogen and oxygen atoms in total. The van der Waals surface area contributed by atoms with E-state index in [1.807, 2.05) is 37.4 Å². The molecule has 20 heavy (non-hydrogen) atoms. The van der Waals surface area contributed by atoms with E-state index in [4.69, 9.17) is 4.74 Å². The van der Waals surface area contributed by atoms with Crippen LogP contribution in [0.2, 0.25) is 0 Å². The molecule has 0 heterocycles. The quantitative estimate of drug-likeness (QED) is 0.788. The van der Waals surface area contributed by atoms with Gasteiger partial charge >= 0.3 is 0 Å². The predicted octanol–water partition coefficient (Wildman–Crippen LogP) is 1.98. The number of ether oxygens (including phenoxy) is 1. The Kier molecular flexibility index (Phi) is 6.66. The lowest BCUT2D eigenvalue weighted by Gasteiger charge is -2.34. The third kappa shape index (κ3) is 4.61. The fourth-order valence-corrected chi connectivity index (χ4v) is 2.30. The molecular formula is C16H25N3O. The summed E-state index contributed by atoms with van der Waals surface area (Å²) in [6.45, 7) is 6.20. The highest BCUT2D eigenvalue weighted by Crippen LogP contribution is 2.22. The maximum absolute atomic E-state index is 9.78. The zero-order chi connectivity index (χ0) is 15.0. The van der Waals surface area contributed by atoms with Crippen molar-refractivity contribution in [1.29, 1.82) is 5.26 Å². The largest absolute Gasteiger partial charge is 0.383 e. The van der Waals surface area contributed by atoms with Gasteiger partial charge in [-0.1, -0.05) is 30.3 Å². The summed E-state index contributed by atoms with van der Waals surface area (Å²) in [5.41, 5.74) is 0.304. The van der Waals surface area contributed by atoms with Gasteiger partial charge in [-0.2, -0.15) is 5.26 Å². The van der Waals surface area contributed by atoms with Crippen LogP contribution >= 0.6 is 0 Å². The molecule has 0 amide bonds. The summed E-state index contributed by atoms with van der Waals surface area (Å²) < 4.78 is 5.10. The molecule has 0 aliphatic heterocycles. The molecule has 0 aromatic heterocycles. The summed E-state index contributed by atoms with van der Waals surface area (Å²) >= 11 is 0. The minimum atomic E-state index is -0.697. The van der Waals surface area contributed by atoms with Crippen molar-refractivity contribution in [3.63, 3.8) is 0 Å². The molecule has 1 aromatic rings. The number of hydrogen-bond acceptors (Lipinski definition) is 4. The summed E-state index contributed by atoms with van der Waals surface area (Å²) in [6.07, 6.45) is 0. The van der Waals surface area contributed by atoms with Crippen LogP contribution in [0.1, 0.15) is 19.4 Å². The van der Waals surface area contributed by atoms with Gasteiger partial charge in [0.1, 0.15) is 5.54 Å². The number of benzene rings is 1. The van der Waals surface area contributed by atoms with Crippen LogP contribution < -0.4 is 5.32 Å². The molecule has 0 saturated heterocycles. The Labute approximate surface area is 122 Å². The molecule has 0 spiro atoms. The van der Waals surface area contributed by atoms with Gasteiger partial charge in [0.25, 0.3) is 0 Å². The van der Waals surface area contributed by atoms with Gasteiger partial charge in [-0.25, -0.2) is 0 Å². The van der Waals surface area contributed by atoms with Crippen molar-refractivity contribution in [2.75, 3.05) is 33.9 Å². The third-order valence-electron chi connectivity index (χ3n) is 3.18. The zero-order valence-corrected chi connectivity index (χ0v) is 12.9. The second kappa shape index (κ2) is 8.01. The van der Waals surface area contributed by atoms with E-state index >= 15 is 0 Å². The summed E-state index contributed by atoms with van der Waals surface area (Å²) in [6, 6.07) is 12.6. The van der Waals surface area contributed by atoms with Crippen molar-refractivity contribution in [2.24, 2.45) is 0 Å². The Hall–Kier alpha value is -1.41. The zero-order valence-electron chi connectivity index (χ0n) is 12.9. The summed E-state index contributed by atoms with van der Waals surface area (Å²) in [5.74, 6) is 0. The highest BCUT2D eigenvalue weighted by molar-refractivity contribution is 5.32. The molecule has 1 N–H and O–H groups in total. The van der Waals surface area contributed by atoms with Gasteiger partial charge in [-0.05, 0) is 26.5 Å². The van der Waals surface area contributed by atoms with Crippen LogP contribution in [0.4, 0.5) is 0 Å². The van der Waals surface area contributed by atoms with Crippen molar-refractivity contribution >= 4 is 0 Å². The van der Waals surface area contributed by atoms with Crippen molar-refractivity contribution in [3.05, 3.63) is 35.9 Å². The Morgan fingerprint density at radius 3 is 2.50 bits per heavy atom. The molecule has 0 fully saturated rings. The van der Waals surface area contributed by atoms with Crippen LogP contribution in [0, 0.1) is 11.3 Å². The molecule has 0 aliphatic rings. The van der Waals surface area contributed by atoms with E-state index in [9.17, 15) is 5.26 Å². The predicted molar refractivity (Wildman–Crippen MR) is 81.4 cm³/mol. The molecule has 0 aliphatic carbocycles. The van der Waals surface area contributed by atoms with E-state index in [0.29, 0.717) is 13.2 Å². The first-order valence-corrected chi connectivity index (χ1v) is 6.96. The molecule has 0 saturated carbocycles. The number of nitriles is 1. The first kappa shape index (κ1) is 16.6. The standard InChI is InChI=1S/C16H25N3O/c1-14(2)18-16(12-17,13-19(3)10-11-20-4)15-8-6-5-7-9-15/h5-9,14,18H,10-11,13H2,1-4H3. The number of nitrogens with zero attached hydrogens (tertiary/aromatic N) is 2. The Balaban J connectivity index is 2.98. The van der Waals surface area contributed by atoms with E-state index in [2.05, 4.69) is 30.1 Å². The molecule has 0 bridgehead atoms. The first-order chi connectivity index (χ1) is 9.54. The molecule has 1 unspecified atom stereocenters. The lowest BCUT2D eigenvalue weighted by Crippen LogP contribution is -2.52. The second-order valence-electron chi connectivity index (χ2n) is 5.41. The fourth-order valence-electron chi connectivity index (χ4n) is 2.30. The second-order valence-corrected chi connectivity index (χ2v) is 5.41. The third-order valence-corrected chi connectivity index (χ3v) is 3.18. The van der Waals surface area contributed by atoms with Crippen molar-refractivity contribution in [1.82, 2.24) is 10.2 Å². The van der Waals surface area contributed by atoms with E-state index in [1.165, 1.54) is 0 Å². The maximum Gasteiger partial charge on any atom is 0.145 e. The van der Waals surface area contributed by atoms with E-state index in [0.717, 1.165) is 12.1 Å². The smallest absolute Gasteiger partial charge is 0.145 e. The fraction of sp³-hybridized carbons (Fsp3) is 0.562. The SMILES string of the molecule is COCCN(C)CC(C#N)(NC(C)C)c1ccccc1. The van der Waals surface area contributed by atoms with Gasteiger partial charge in [-0.15, -0.1) is 0 Å².